The van der Waals surface area contributed by atoms with Crippen LogP contribution in [-0.2, 0) is 47.8 Å². The molecule has 0 spiro atoms. The van der Waals surface area contributed by atoms with Gasteiger partial charge in [-0.15, -0.1) is 23.5 Å². The minimum atomic E-state index is -0.764. The van der Waals surface area contributed by atoms with Crippen molar-refractivity contribution in [3.05, 3.63) is 0 Å². The quantitative estimate of drug-likeness (QED) is 0.0151. The minimum Gasteiger partial charge on any atom is -0.481 e. The Labute approximate surface area is 332 Å². The fourth-order valence-corrected chi connectivity index (χ4v) is 7.51. The van der Waals surface area contributed by atoms with Gasteiger partial charge in [-0.1, -0.05) is 0 Å². The van der Waals surface area contributed by atoms with Crippen molar-refractivity contribution in [3.63, 3.8) is 0 Å². The van der Waals surface area contributed by atoms with E-state index in [4.69, 9.17) is 43.7 Å². The SMILES string of the molecule is CC(OCC1CCC(COC(C)OC(=O)CCS)CC1)OOCCCS.CC(OCC1CCC(COC(C)SCCC(=O)O)CC1)SCCC(=O)O.[2HH]. The number of carbonyl (C=O) groups excluding carboxylic acids is 1. The van der Waals surface area contributed by atoms with Gasteiger partial charge in [0.1, 0.15) is 0 Å². The number of thiol groups is 2. The molecule has 0 amide bonds. The first kappa shape index (κ1) is 49.6. The average molecular weight is 822 g/mol. The van der Waals surface area contributed by atoms with E-state index in [0.717, 1.165) is 76.8 Å². The predicted octanol–water partition coefficient (Wildman–Crippen LogP) is 7.83. The van der Waals surface area contributed by atoms with E-state index in [1.54, 1.807) is 30.4 Å². The summed E-state index contributed by atoms with van der Waals surface area (Å²) in [7, 11) is 0. The van der Waals surface area contributed by atoms with E-state index in [1.165, 1.54) is 0 Å². The monoisotopic (exact) mass is 821 g/mol. The zero-order chi connectivity index (χ0) is 38.6. The number of ether oxygens (including phenoxy) is 5. The van der Waals surface area contributed by atoms with Gasteiger partial charge in [-0.2, -0.15) is 25.3 Å². The fourth-order valence-electron chi connectivity index (χ4n) is 5.60. The van der Waals surface area contributed by atoms with E-state index in [1.807, 2.05) is 20.8 Å². The molecule has 16 heteroatoms. The molecule has 0 aromatic carbocycles. The third kappa shape index (κ3) is 28.0. The van der Waals surface area contributed by atoms with Crippen LogP contribution in [0.3, 0.4) is 0 Å². The van der Waals surface area contributed by atoms with Gasteiger partial charge in [0.25, 0.3) is 0 Å². The molecule has 0 bridgehead atoms. The molecule has 0 aliphatic heterocycles. The predicted molar refractivity (Wildman–Crippen MR) is 214 cm³/mol. The molecule has 2 N–H and O–H groups in total. The van der Waals surface area contributed by atoms with Gasteiger partial charge in [-0.3, -0.25) is 14.4 Å². The van der Waals surface area contributed by atoms with Crippen LogP contribution in [-0.4, -0.2) is 108 Å². The molecule has 0 heterocycles. The molecule has 0 aromatic heterocycles. The highest BCUT2D eigenvalue weighted by Gasteiger charge is 2.24. The molecular formula is C36H68O12S4. The van der Waals surface area contributed by atoms with E-state index in [-0.39, 0.29) is 37.4 Å². The summed E-state index contributed by atoms with van der Waals surface area (Å²) in [5.74, 6) is 2.86. The molecule has 4 atom stereocenters. The summed E-state index contributed by atoms with van der Waals surface area (Å²) in [5.41, 5.74) is 0.0816. The first-order valence-corrected chi connectivity index (χ1v) is 22.1. The van der Waals surface area contributed by atoms with E-state index in [9.17, 15) is 14.4 Å². The summed E-state index contributed by atoms with van der Waals surface area (Å²) in [6.07, 6.45) is 9.63. The Bertz CT molecular complexity index is 889. The summed E-state index contributed by atoms with van der Waals surface area (Å²) in [4.78, 5) is 42.6. The molecule has 4 unspecified atom stereocenters. The Hall–Kier alpha value is -0.430. The maximum Gasteiger partial charge on any atom is 0.308 e. The Kier molecular flexibility index (Phi) is 30.3. The maximum atomic E-state index is 11.4. The lowest BCUT2D eigenvalue weighted by Crippen LogP contribution is -2.26. The largest absolute Gasteiger partial charge is 0.481 e. The van der Waals surface area contributed by atoms with Crippen molar-refractivity contribution in [2.75, 3.05) is 56.0 Å². The number of carboxylic acids is 2. The molecule has 2 aliphatic rings. The van der Waals surface area contributed by atoms with Gasteiger partial charge in [0.05, 0.1) is 63.2 Å². The first-order valence-electron chi connectivity index (χ1n) is 18.7. The molecule has 0 saturated heterocycles. The zero-order valence-corrected chi connectivity index (χ0v) is 35.1. The van der Waals surface area contributed by atoms with Gasteiger partial charge in [0, 0.05) is 18.7 Å². The molecule has 0 aromatic rings. The van der Waals surface area contributed by atoms with Crippen LogP contribution in [0.25, 0.3) is 0 Å². The summed E-state index contributed by atoms with van der Waals surface area (Å²) in [6, 6.07) is 0. The number of thioether (sulfide) groups is 2. The Morgan fingerprint density at radius 3 is 1.42 bits per heavy atom. The minimum absolute atomic E-state index is 0. The molecule has 308 valence electrons. The number of carbonyl (C=O) groups is 3. The van der Waals surface area contributed by atoms with E-state index in [0.29, 0.717) is 67.2 Å². The molecule has 2 fully saturated rings. The Morgan fingerprint density at radius 1 is 0.635 bits per heavy atom. The Morgan fingerprint density at radius 2 is 1.04 bits per heavy atom. The smallest absolute Gasteiger partial charge is 0.308 e. The van der Waals surface area contributed by atoms with E-state index < -0.39 is 18.2 Å². The van der Waals surface area contributed by atoms with Crippen LogP contribution in [0.1, 0.15) is 106 Å². The summed E-state index contributed by atoms with van der Waals surface area (Å²) >= 11 is 11.2. The van der Waals surface area contributed by atoms with E-state index >= 15 is 0 Å². The van der Waals surface area contributed by atoms with Crippen LogP contribution < -0.4 is 0 Å². The molecule has 12 nitrogen and oxygen atoms in total. The second kappa shape index (κ2) is 31.7. The number of aliphatic carboxylic acids is 2. The van der Waals surface area contributed by atoms with Crippen molar-refractivity contribution in [1.82, 2.24) is 0 Å². The fraction of sp³-hybridized carbons (Fsp3) is 0.917. The highest BCUT2D eigenvalue weighted by atomic mass is 32.2. The molecule has 2 aliphatic carbocycles. The standard InChI is InChI=1S/C18H34O6S2.C18H32O6S2.H2/c1-14(23-18(19)8-11-26)20-12-16-4-6-17(7-5-16)13-21-15(2)24-22-9-3-10-25;1-13(25-9-7-17(19)20)23-11-15-3-5-16(6-4-15)12-24-14(2)26-10-8-18(21)22;/h14-17,25-26H,3-13H2,1-2H3;13-16H,3-12H2,1-2H3,(H,19,20)(H,21,22);1H/i;;1+1. The van der Waals surface area contributed by atoms with Crippen LogP contribution in [0.4, 0.5) is 0 Å². The van der Waals surface area contributed by atoms with Crippen molar-refractivity contribution in [2.24, 2.45) is 23.7 Å². The van der Waals surface area contributed by atoms with Crippen LogP contribution in [0.2, 0.25) is 0 Å². The highest BCUT2D eigenvalue weighted by Crippen LogP contribution is 2.31. The zero-order valence-electron chi connectivity index (χ0n) is 31.7. The molecular weight excluding hydrogens is 753 g/mol. The van der Waals surface area contributed by atoms with Gasteiger partial charge in [0.15, 0.2) is 12.6 Å². The second-order valence-electron chi connectivity index (χ2n) is 13.4. The number of carboxylic acid groups (broad SMARTS) is 2. The summed E-state index contributed by atoms with van der Waals surface area (Å²) in [6.45, 7) is 10.9. The number of rotatable bonds is 28. The van der Waals surface area contributed by atoms with Crippen molar-refractivity contribution in [1.29, 1.82) is 0 Å². The molecule has 52 heavy (non-hydrogen) atoms. The molecule has 2 saturated carbocycles. The lowest BCUT2D eigenvalue weighted by Gasteiger charge is -2.29. The third-order valence-corrected chi connectivity index (χ3v) is 11.4. The van der Waals surface area contributed by atoms with Crippen LogP contribution >= 0.6 is 48.8 Å². The number of hydrogen-bond donors (Lipinski definition) is 4. The third-order valence-electron chi connectivity index (χ3n) is 8.74. The maximum absolute atomic E-state index is 11.4. The second-order valence-corrected chi connectivity index (χ2v) is 17.1. The van der Waals surface area contributed by atoms with E-state index in [2.05, 4.69) is 25.3 Å². The normalized spacial score (nSPS) is 22.7. The molecule has 0 radical (unpaired) electrons. The highest BCUT2D eigenvalue weighted by molar-refractivity contribution is 7.99. The topological polar surface area (TPSA) is 156 Å². The van der Waals surface area contributed by atoms with Crippen molar-refractivity contribution >= 4 is 66.7 Å². The Balaban J connectivity index is 0.00000100. The lowest BCUT2D eigenvalue weighted by molar-refractivity contribution is -0.374. The summed E-state index contributed by atoms with van der Waals surface area (Å²) < 4.78 is 28.2. The summed E-state index contributed by atoms with van der Waals surface area (Å²) in [5, 5.41) is 17.3. The van der Waals surface area contributed by atoms with Gasteiger partial charge < -0.3 is 33.9 Å². The average Bonchev–Trinajstić information content (AvgIpc) is 3.11. The number of esters is 1. The van der Waals surface area contributed by atoms with Crippen LogP contribution in [0, 0.1) is 23.7 Å². The van der Waals surface area contributed by atoms with Crippen molar-refractivity contribution < 1.29 is 59.5 Å². The van der Waals surface area contributed by atoms with Crippen molar-refractivity contribution in [2.45, 2.75) is 128 Å². The number of hydrogen-bond acceptors (Lipinski definition) is 14. The van der Waals surface area contributed by atoms with Gasteiger partial charge in [-0.25, -0.2) is 9.78 Å². The van der Waals surface area contributed by atoms with Crippen molar-refractivity contribution in [3.8, 4) is 0 Å². The lowest BCUT2D eigenvalue weighted by atomic mass is 9.83. The molecule has 2 rings (SSSR count). The first-order chi connectivity index (χ1) is 24.9. The van der Waals surface area contributed by atoms with Crippen LogP contribution in [0.15, 0.2) is 0 Å². The van der Waals surface area contributed by atoms with Gasteiger partial charge in [-0.05, 0) is 115 Å². The van der Waals surface area contributed by atoms with Gasteiger partial charge in [0.2, 0.25) is 0 Å². The van der Waals surface area contributed by atoms with Crippen LogP contribution in [0.5, 0.6) is 0 Å². The van der Waals surface area contributed by atoms with Gasteiger partial charge >= 0.3 is 17.9 Å².